The molecular formula is C14H19NO2. The van der Waals surface area contributed by atoms with Crippen molar-refractivity contribution in [2.75, 3.05) is 0 Å². The van der Waals surface area contributed by atoms with Crippen molar-refractivity contribution in [3.05, 3.63) is 35.4 Å². The molecule has 3 heteroatoms. The van der Waals surface area contributed by atoms with Crippen LogP contribution < -0.4 is 0 Å². The summed E-state index contributed by atoms with van der Waals surface area (Å²) in [6.45, 7) is 4.16. The summed E-state index contributed by atoms with van der Waals surface area (Å²) in [6.07, 6.45) is 3.61. The van der Waals surface area contributed by atoms with Gasteiger partial charge in [-0.05, 0) is 19.8 Å². The van der Waals surface area contributed by atoms with Gasteiger partial charge in [0.15, 0.2) is 0 Å². The molecule has 1 heterocycles. The van der Waals surface area contributed by atoms with Gasteiger partial charge in [-0.25, -0.2) is 0 Å². The van der Waals surface area contributed by atoms with Gasteiger partial charge in [-0.2, -0.15) is 0 Å². The van der Waals surface area contributed by atoms with Crippen molar-refractivity contribution in [2.24, 2.45) is 5.16 Å². The second-order valence-electron chi connectivity index (χ2n) is 4.68. The molecule has 1 aliphatic rings. The standard InChI is InChI=1S/C14H19NO2/c1-3-4-5-13-10-14(16,17-15-13)12-8-6-11(2)7-9-12/h6-9,16H,3-5,10H2,1-2H3. The summed E-state index contributed by atoms with van der Waals surface area (Å²) >= 11 is 0. The van der Waals surface area contributed by atoms with Crippen LogP contribution in [-0.2, 0) is 10.6 Å². The fourth-order valence-electron chi connectivity index (χ4n) is 1.96. The molecule has 0 saturated heterocycles. The minimum Gasteiger partial charge on any atom is -0.355 e. The van der Waals surface area contributed by atoms with Gasteiger partial charge in [0.2, 0.25) is 0 Å². The number of rotatable bonds is 4. The monoisotopic (exact) mass is 233 g/mol. The van der Waals surface area contributed by atoms with Crippen LogP contribution >= 0.6 is 0 Å². The number of nitrogens with zero attached hydrogens (tertiary/aromatic N) is 1. The summed E-state index contributed by atoms with van der Waals surface area (Å²) in [6, 6.07) is 7.74. The summed E-state index contributed by atoms with van der Waals surface area (Å²) in [5.74, 6) is -1.25. The van der Waals surface area contributed by atoms with Gasteiger partial charge in [0, 0.05) is 5.56 Å². The SMILES string of the molecule is CCCCC1=NOC(O)(c2ccc(C)cc2)C1. The number of oxime groups is 1. The first kappa shape index (κ1) is 12.1. The quantitative estimate of drug-likeness (QED) is 0.868. The molecule has 0 aliphatic carbocycles. The first-order chi connectivity index (χ1) is 8.14. The average Bonchev–Trinajstić information content (AvgIpc) is 2.70. The molecule has 0 amide bonds. The van der Waals surface area contributed by atoms with E-state index < -0.39 is 5.79 Å². The van der Waals surface area contributed by atoms with E-state index in [1.807, 2.05) is 31.2 Å². The molecule has 1 N–H and O–H groups in total. The molecule has 0 saturated carbocycles. The summed E-state index contributed by atoms with van der Waals surface area (Å²) in [5.41, 5.74) is 2.90. The van der Waals surface area contributed by atoms with Crippen LogP contribution in [-0.4, -0.2) is 10.8 Å². The highest BCUT2D eigenvalue weighted by Crippen LogP contribution is 2.33. The lowest BCUT2D eigenvalue weighted by Gasteiger charge is -2.20. The predicted molar refractivity (Wildman–Crippen MR) is 67.7 cm³/mol. The number of benzene rings is 1. The highest BCUT2D eigenvalue weighted by Gasteiger charge is 2.38. The fraction of sp³-hybridized carbons (Fsp3) is 0.500. The first-order valence-corrected chi connectivity index (χ1v) is 6.17. The molecule has 1 aromatic rings. The van der Waals surface area contributed by atoms with Gasteiger partial charge in [0.25, 0.3) is 5.79 Å². The lowest BCUT2D eigenvalue weighted by molar-refractivity contribution is -0.193. The maximum atomic E-state index is 10.4. The van der Waals surface area contributed by atoms with Crippen molar-refractivity contribution >= 4 is 5.71 Å². The average molecular weight is 233 g/mol. The van der Waals surface area contributed by atoms with E-state index in [4.69, 9.17) is 4.84 Å². The Morgan fingerprint density at radius 1 is 1.35 bits per heavy atom. The van der Waals surface area contributed by atoms with E-state index >= 15 is 0 Å². The Balaban J connectivity index is 2.05. The zero-order valence-electron chi connectivity index (χ0n) is 10.4. The Kier molecular flexibility index (Phi) is 3.48. The van der Waals surface area contributed by atoms with Gasteiger partial charge in [-0.15, -0.1) is 0 Å². The number of aliphatic hydroxyl groups is 1. The summed E-state index contributed by atoms with van der Waals surface area (Å²) in [4.78, 5) is 5.22. The molecule has 0 radical (unpaired) electrons. The lowest BCUT2D eigenvalue weighted by Crippen LogP contribution is -2.25. The molecule has 1 aliphatic heterocycles. The van der Waals surface area contributed by atoms with Crippen molar-refractivity contribution in [3.63, 3.8) is 0 Å². The van der Waals surface area contributed by atoms with Crippen LogP contribution in [0.2, 0.25) is 0 Å². The highest BCUT2D eigenvalue weighted by molar-refractivity contribution is 5.85. The van der Waals surface area contributed by atoms with E-state index in [2.05, 4.69) is 12.1 Å². The molecule has 0 spiro atoms. The largest absolute Gasteiger partial charge is 0.355 e. The molecule has 3 nitrogen and oxygen atoms in total. The fourth-order valence-corrected chi connectivity index (χ4v) is 1.96. The molecule has 0 bridgehead atoms. The zero-order valence-corrected chi connectivity index (χ0v) is 10.4. The van der Waals surface area contributed by atoms with Crippen molar-refractivity contribution < 1.29 is 9.94 Å². The predicted octanol–water partition coefficient (Wildman–Crippen LogP) is 3.11. The molecule has 1 unspecified atom stereocenters. The van der Waals surface area contributed by atoms with Crippen LogP contribution in [0.15, 0.2) is 29.4 Å². The molecule has 0 fully saturated rings. The third-order valence-corrected chi connectivity index (χ3v) is 3.09. The minimum atomic E-state index is -1.25. The summed E-state index contributed by atoms with van der Waals surface area (Å²) < 4.78 is 0. The van der Waals surface area contributed by atoms with Gasteiger partial charge < -0.3 is 9.94 Å². The van der Waals surface area contributed by atoms with Crippen LogP contribution in [0.1, 0.15) is 43.7 Å². The Bertz CT molecular complexity index is 411. The highest BCUT2D eigenvalue weighted by atomic mass is 16.7. The van der Waals surface area contributed by atoms with Crippen molar-refractivity contribution in [2.45, 2.75) is 45.3 Å². The number of hydrogen-bond acceptors (Lipinski definition) is 3. The molecular weight excluding hydrogens is 214 g/mol. The van der Waals surface area contributed by atoms with Crippen LogP contribution in [0.25, 0.3) is 0 Å². The molecule has 92 valence electrons. The van der Waals surface area contributed by atoms with E-state index in [1.165, 1.54) is 5.56 Å². The van der Waals surface area contributed by atoms with Crippen LogP contribution in [0.3, 0.4) is 0 Å². The molecule has 1 aromatic carbocycles. The van der Waals surface area contributed by atoms with Gasteiger partial charge in [-0.3, -0.25) is 0 Å². The normalized spacial score (nSPS) is 23.4. The van der Waals surface area contributed by atoms with Crippen LogP contribution in [0.5, 0.6) is 0 Å². The maximum Gasteiger partial charge on any atom is 0.266 e. The van der Waals surface area contributed by atoms with Gasteiger partial charge in [-0.1, -0.05) is 48.3 Å². The van der Waals surface area contributed by atoms with Gasteiger partial charge >= 0.3 is 0 Å². The maximum absolute atomic E-state index is 10.4. The smallest absolute Gasteiger partial charge is 0.266 e. The van der Waals surface area contributed by atoms with Crippen LogP contribution in [0.4, 0.5) is 0 Å². The third-order valence-electron chi connectivity index (χ3n) is 3.09. The molecule has 0 aromatic heterocycles. The lowest BCUT2D eigenvalue weighted by atomic mass is 9.98. The van der Waals surface area contributed by atoms with Gasteiger partial charge in [0.05, 0.1) is 12.1 Å². The van der Waals surface area contributed by atoms with Crippen molar-refractivity contribution in [3.8, 4) is 0 Å². The number of hydrogen-bond donors (Lipinski definition) is 1. The molecule has 2 rings (SSSR count). The Hall–Kier alpha value is -1.35. The van der Waals surface area contributed by atoms with Crippen molar-refractivity contribution in [1.82, 2.24) is 0 Å². The number of unbranched alkanes of at least 4 members (excludes halogenated alkanes) is 1. The van der Waals surface area contributed by atoms with Gasteiger partial charge in [0.1, 0.15) is 0 Å². The second kappa shape index (κ2) is 4.88. The minimum absolute atomic E-state index is 0.482. The van der Waals surface area contributed by atoms with E-state index in [0.717, 1.165) is 30.5 Å². The molecule has 17 heavy (non-hydrogen) atoms. The third kappa shape index (κ3) is 2.67. The molecule has 1 atom stereocenters. The van der Waals surface area contributed by atoms with E-state index in [9.17, 15) is 5.11 Å². The Morgan fingerprint density at radius 2 is 2.06 bits per heavy atom. The van der Waals surface area contributed by atoms with Crippen LogP contribution in [0, 0.1) is 6.92 Å². The number of aryl methyl sites for hydroxylation is 1. The van der Waals surface area contributed by atoms with Crippen molar-refractivity contribution in [1.29, 1.82) is 0 Å². The summed E-state index contributed by atoms with van der Waals surface area (Å²) in [7, 11) is 0. The Morgan fingerprint density at radius 3 is 2.71 bits per heavy atom. The first-order valence-electron chi connectivity index (χ1n) is 6.17. The second-order valence-corrected chi connectivity index (χ2v) is 4.68. The topological polar surface area (TPSA) is 41.8 Å². The van der Waals surface area contributed by atoms with E-state index in [-0.39, 0.29) is 0 Å². The Labute approximate surface area is 102 Å². The van der Waals surface area contributed by atoms with E-state index in [1.54, 1.807) is 0 Å². The summed E-state index contributed by atoms with van der Waals surface area (Å²) in [5, 5.41) is 14.4. The van der Waals surface area contributed by atoms with E-state index in [0.29, 0.717) is 6.42 Å². The zero-order chi connectivity index (χ0) is 12.3.